The van der Waals surface area contributed by atoms with Gasteiger partial charge in [-0.15, -0.1) is 0 Å². The van der Waals surface area contributed by atoms with Crippen LogP contribution in [0.15, 0.2) is 23.1 Å². The largest absolute Gasteiger partial charge is 0.493 e. The van der Waals surface area contributed by atoms with Crippen LogP contribution in [0.2, 0.25) is 0 Å². The Kier molecular flexibility index (Phi) is 7.09. The van der Waals surface area contributed by atoms with Gasteiger partial charge in [0.15, 0.2) is 11.5 Å². The predicted octanol–water partition coefficient (Wildman–Crippen LogP) is 4.53. The Bertz CT molecular complexity index is 515. The maximum atomic E-state index is 11.9. The minimum Gasteiger partial charge on any atom is -0.493 e. The summed E-state index contributed by atoms with van der Waals surface area (Å²) in [5.74, 6) is 2.26. The van der Waals surface area contributed by atoms with E-state index in [4.69, 9.17) is 9.47 Å². The molecule has 1 amide bonds. The van der Waals surface area contributed by atoms with Gasteiger partial charge in [-0.3, -0.25) is 9.10 Å². The van der Waals surface area contributed by atoms with Crippen LogP contribution >= 0.6 is 11.9 Å². The first-order valence-corrected chi connectivity index (χ1v) is 9.09. The molecule has 1 fully saturated rings. The Hall–Kier alpha value is -1.36. The molecule has 4 nitrogen and oxygen atoms in total. The quantitative estimate of drug-likeness (QED) is 0.685. The first-order chi connectivity index (χ1) is 11.1. The first kappa shape index (κ1) is 18.0. The highest BCUT2D eigenvalue weighted by molar-refractivity contribution is 7.97. The Morgan fingerprint density at radius 1 is 1.17 bits per heavy atom. The molecule has 0 aliphatic heterocycles. The summed E-state index contributed by atoms with van der Waals surface area (Å²) in [7, 11) is 3.24. The summed E-state index contributed by atoms with van der Waals surface area (Å²) in [6, 6.07) is 5.75. The maximum absolute atomic E-state index is 11.9. The zero-order valence-corrected chi connectivity index (χ0v) is 15.2. The number of ether oxygens (including phenoxy) is 2. The van der Waals surface area contributed by atoms with Gasteiger partial charge in [0.1, 0.15) is 0 Å². The van der Waals surface area contributed by atoms with Crippen LogP contribution in [0, 0.1) is 5.92 Å². The van der Waals surface area contributed by atoms with Crippen LogP contribution in [-0.2, 0) is 4.79 Å². The van der Waals surface area contributed by atoms with Crippen LogP contribution < -0.4 is 9.47 Å². The molecule has 5 heteroatoms. The van der Waals surface area contributed by atoms with Crippen LogP contribution in [0.25, 0.3) is 0 Å². The second kappa shape index (κ2) is 9.06. The molecule has 0 heterocycles. The van der Waals surface area contributed by atoms with Crippen LogP contribution in [0.4, 0.5) is 0 Å². The lowest BCUT2D eigenvalue weighted by atomic mass is 9.87. The number of amides is 1. The highest BCUT2D eigenvalue weighted by atomic mass is 32.2. The van der Waals surface area contributed by atoms with Gasteiger partial charge in [-0.05, 0) is 42.5 Å². The van der Waals surface area contributed by atoms with Crippen molar-refractivity contribution in [3.63, 3.8) is 0 Å². The molecule has 0 saturated heterocycles. The number of carbonyl (C=O) groups is 1. The predicted molar refractivity (Wildman–Crippen MR) is 94.0 cm³/mol. The van der Waals surface area contributed by atoms with Gasteiger partial charge in [0, 0.05) is 18.4 Å². The first-order valence-electron chi connectivity index (χ1n) is 8.32. The Labute approximate surface area is 143 Å². The average Bonchev–Trinajstić information content (AvgIpc) is 2.59. The fraction of sp³-hybridized carbons (Fsp3) is 0.611. The number of carbonyl (C=O) groups excluding carboxylic acids is 1. The van der Waals surface area contributed by atoms with Gasteiger partial charge in [0.2, 0.25) is 5.91 Å². The smallest absolute Gasteiger partial charge is 0.229 e. The fourth-order valence-corrected chi connectivity index (χ4v) is 3.91. The molecule has 0 unspecified atom stereocenters. The van der Waals surface area contributed by atoms with Crippen molar-refractivity contribution in [2.75, 3.05) is 20.8 Å². The van der Waals surface area contributed by atoms with Crippen molar-refractivity contribution in [1.82, 2.24) is 4.31 Å². The zero-order valence-electron chi connectivity index (χ0n) is 14.3. The molecule has 0 N–H and O–H groups in total. The normalized spacial score (nSPS) is 15.3. The van der Waals surface area contributed by atoms with E-state index < -0.39 is 0 Å². The summed E-state index contributed by atoms with van der Waals surface area (Å²) in [6.07, 6.45) is 7.77. The molecule has 1 aliphatic rings. The lowest BCUT2D eigenvalue weighted by molar-refractivity contribution is -0.124. The molecule has 0 atom stereocenters. The Morgan fingerprint density at radius 3 is 2.48 bits per heavy atom. The van der Waals surface area contributed by atoms with E-state index in [1.54, 1.807) is 21.1 Å². The van der Waals surface area contributed by atoms with Crippen molar-refractivity contribution in [3.8, 4) is 11.5 Å². The highest BCUT2D eigenvalue weighted by Gasteiger charge is 2.18. The van der Waals surface area contributed by atoms with Gasteiger partial charge < -0.3 is 9.47 Å². The number of nitrogens with zero attached hydrogens (tertiary/aromatic N) is 1. The molecule has 1 saturated carbocycles. The lowest BCUT2D eigenvalue weighted by Crippen LogP contribution is -2.24. The van der Waals surface area contributed by atoms with E-state index in [0.717, 1.165) is 23.8 Å². The third-order valence-corrected chi connectivity index (χ3v) is 5.51. The van der Waals surface area contributed by atoms with E-state index >= 15 is 0 Å². The minimum absolute atomic E-state index is 0.0978. The third-order valence-electron chi connectivity index (χ3n) is 4.39. The molecule has 1 aromatic carbocycles. The second-order valence-corrected chi connectivity index (χ2v) is 7.12. The summed E-state index contributed by atoms with van der Waals surface area (Å²) < 4.78 is 12.4. The van der Waals surface area contributed by atoms with Crippen molar-refractivity contribution < 1.29 is 14.3 Å². The topological polar surface area (TPSA) is 38.8 Å². The van der Waals surface area contributed by atoms with E-state index in [1.807, 2.05) is 22.5 Å². The SMILES string of the molecule is COc1ccc(SN(CCC2CCCCC2)C(C)=O)cc1OC. The van der Waals surface area contributed by atoms with Gasteiger partial charge in [-0.1, -0.05) is 32.1 Å². The number of hydrogen-bond donors (Lipinski definition) is 0. The van der Waals surface area contributed by atoms with Gasteiger partial charge >= 0.3 is 0 Å². The van der Waals surface area contributed by atoms with E-state index in [0.29, 0.717) is 11.5 Å². The van der Waals surface area contributed by atoms with E-state index in [1.165, 1.54) is 44.1 Å². The summed E-state index contributed by atoms with van der Waals surface area (Å²) in [4.78, 5) is 12.9. The minimum atomic E-state index is 0.0978. The summed E-state index contributed by atoms with van der Waals surface area (Å²) >= 11 is 1.48. The fourth-order valence-electron chi connectivity index (χ4n) is 3.04. The Morgan fingerprint density at radius 2 is 1.87 bits per heavy atom. The monoisotopic (exact) mass is 337 g/mol. The van der Waals surface area contributed by atoms with Crippen molar-refractivity contribution in [2.24, 2.45) is 5.92 Å². The molecule has 23 heavy (non-hydrogen) atoms. The van der Waals surface area contributed by atoms with Gasteiger partial charge in [-0.2, -0.15) is 0 Å². The second-order valence-electron chi connectivity index (χ2n) is 6.02. The van der Waals surface area contributed by atoms with Crippen molar-refractivity contribution in [1.29, 1.82) is 0 Å². The molecular formula is C18H27NO3S. The van der Waals surface area contributed by atoms with Crippen LogP contribution in [0.3, 0.4) is 0 Å². The number of hydrogen-bond acceptors (Lipinski definition) is 4. The van der Waals surface area contributed by atoms with Crippen LogP contribution in [-0.4, -0.2) is 31.0 Å². The van der Waals surface area contributed by atoms with E-state index in [2.05, 4.69) is 0 Å². The molecule has 0 spiro atoms. The standard InChI is InChI=1S/C18H27NO3S/c1-14(20)19(12-11-15-7-5-4-6-8-15)23-16-9-10-17(21-2)18(13-16)22-3/h9-10,13,15H,4-8,11-12H2,1-3H3. The summed E-state index contributed by atoms with van der Waals surface area (Å²) in [5, 5.41) is 0. The lowest BCUT2D eigenvalue weighted by Gasteiger charge is -2.25. The molecule has 0 bridgehead atoms. The molecule has 0 radical (unpaired) electrons. The molecule has 2 rings (SSSR count). The molecular weight excluding hydrogens is 310 g/mol. The third kappa shape index (κ3) is 5.34. The molecule has 1 aromatic rings. The van der Waals surface area contributed by atoms with Gasteiger partial charge in [0.25, 0.3) is 0 Å². The average molecular weight is 337 g/mol. The van der Waals surface area contributed by atoms with Crippen molar-refractivity contribution in [2.45, 2.75) is 50.3 Å². The van der Waals surface area contributed by atoms with Crippen LogP contribution in [0.5, 0.6) is 11.5 Å². The molecule has 1 aliphatic carbocycles. The summed E-state index contributed by atoms with van der Waals surface area (Å²) in [5.41, 5.74) is 0. The van der Waals surface area contributed by atoms with E-state index in [-0.39, 0.29) is 5.91 Å². The Balaban J connectivity index is 1.97. The van der Waals surface area contributed by atoms with Crippen molar-refractivity contribution in [3.05, 3.63) is 18.2 Å². The van der Waals surface area contributed by atoms with Crippen LogP contribution in [0.1, 0.15) is 45.4 Å². The number of rotatable bonds is 7. The summed E-state index contributed by atoms with van der Waals surface area (Å²) in [6.45, 7) is 2.44. The van der Waals surface area contributed by atoms with Gasteiger partial charge in [-0.25, -0.2) is 0 Å². The molecule has 0 aromatic heterocycles. The number of benzene rings is 1. The number of methoxy groups -OCH3 is 2. The maximum Gasteiger partial charge on any atom is 0.229 e. The van der Waals surface area contributed by atoms with Crippen molar-refractivity contribution >= 4 is 17.9 Å². The zero-order chi connectivity index (χ0) is 16.7. The van der Waals surface area contributed by atoms with Gasteiger partial charge in [0.05, 0.1) is 14.2 Å². The molecule has 128 valence electrons. The highest BCUT2D eigenvalue weighted by Crippen LogP contribution is 2.34. The van der Waals surface area contributed by atoms with E-state index in [9.17, 15) is 4.79 Å².